The number of benzene rings is 2. The molecule has 0 bridgehead atoms. The van der Waals surface area contributed by atoms with Crippen molar-refractivity contribution in [3.05, 3.63) is 71.4 Å². The van der Waals surface area contributed by atoms with Gasteiger partial charge in [0.25, 0.3) is 0 Å². The molecule has 1 aliphatic rings. The van der Waals surface area contributed by atoms with Crippen molar-refractivity contribution >= 4 is 5.91 Å². The van der Waals surface area contributed by atoms with Crippen LogP contribution >= 0.6 is 0 Å². The van der Waals surface area contributed by atoms with E-state index in [2.05, 4.69) is 24.5 Å². The molecule has 0 unspecified atom stereocenters. The van der Waals surface area contributed by atoms with Crippen molar-refractivity contribution in [3.63, 3.8) is 0 Å². The minimum atomic E-state index is -3.81. The van der Waals surface area contributed by atoms with Gasteiger partial charge in [-0.3, -0.25) is 4.79 Å². The zero-order valence-electron chi connectivity index (χ0n) is 17.4. The maximum atomic E-state index is 13.3. The molecule has 2 heterocycles. The fourth-order valence-electron chi connectivity index (χ4n) is 3.32. The number of fused-ring (bicyclic) bond motifs is 1. The highest BCUT2D eigenvalue weighted by atomic mass is 19.3. The second kappa shape index (κ2) is 9.56. The quantitative estimate of drug-likeness (QED) is 0.478. The molecule has 11 heteroatoms. The molecule has 0 atom stereocenters. The van der Waals surface area contributed by atoms with Gasteiger partial charge in [0, 0.05) is 24.2 Å². The molecule has 1 amide bonds. The third-order valence-corrected chi connectivity index (χ3v) is 4.85. The van der Waals surface area contributed by atoms with Crippen molar-refractivity contribution in [2.45, 2.75) is 25.9 Å². The normalized spacial score (nSPS) is 13.7. The number of carbonyl (C=O) groups excluding carboxylic acids is 1. The molecule has 0 saturated heterocycles. The average molecular weight is 478 g/mol. The number of hydrogen-bond acceptors (Lipinski definition) is 6. The fraction of sp³-hybridized carbons (Fsp3) is 0.217. The van der Waals surface area contributed by atoms with Crippen LogP contribution in [0.25, 0.3) is 11.3 Å². The number of rotatable bonds is 8. The van der Waals surface area contributed by atoms with E-state index in [1.807, 2.05) is 12.1 Å². The number of hydrogen-bond donors (Lipinski definition) is 2. The predicted octanol–water partition coefficient (Wildman–Crippen LogP) is 3.87. The first-order valence-corrected chi connectivity index (χ1v) is 10.0. The molecule has 1 aromatic heterocycles. The molecule has 0 radical (unpaired) electrons. The Hall–Kier alpha value is -3.86. The summed E-state index contributed by atoms with van der Waals surface area (Å²) in [4.78, 5) is 15.6. The molecule has 34 heavy (non-hydrogen) atoms. The Bertz CT molecular complexity index is 1190. The minimum Gasteiger partial charge on any atom is -0.432 e. The molecular weight excluding hydrogens is 460 g/mol. The van der Waals surface area contributed by atoms with E-state index in [0.717, 1.165) is 11.1 Å². The number of pyridine rings is 1. The highest BCUT2D eigenvalue weighted by Crippen LogP contribution is 2.44. The number of nitrogens with one attached hydrogen (secondary N) is 1. The molecule has 0 aliphatic carbocycles. The number of halogens is 4. The first-order chi connectivity index (χ1) is 16.2. The molecule has 0 fully saturated rings. The van der Waals surface area contributed by atoms with Crippen molar-refractivity contribution in [3.8, 4) is 28.5 Å². The highest BCUT2D eigenvalue weighted by molar-refractivity contribution is 5.76. The zero-order chi connectivity index (χ0) is 24.3. The lowest BCUT2D eigenvalue weighted by molar-refractivity contribution is -0.286. The van der Waals surface area contributed by atoms with Crippen LogP contribution in [0.5, 0.6) is 17.2 Å². The summed E-state index contributed by atoms with van der Waals surface area (Å²) in [6, 6.07) is 13.9. The second-order valence-corrected chi connectivity index (χ2v) is 7.28. The van der Waals surface area contributed by atoms with Crippen molar-refractivity contribution < 1.29 is 41.7 Å². The Morgan fingerprint density at radius 3 is 2.44 bits per heavy atom. The van der Waals surface area contributed by atoms with Crippen molar-refractivity contribution in [2.75, 3.05) is 6.61 Å². The maximum absolute atomic E-state index is 13.3. The van der Waals surface area contributed by atoms with Crippen LogP contribution in [0.3, 0.4) is 0 Å². The van der Waals surface area contributed by atoms with Crippen molar-refractivity contribution in [1.29, 1.82) is 0 Å². The lowest BCUT2D eigenvalue weighted by atomic mass is 10.0. The molecular formula is C23H18F4N2O5. The first kappa shape index (κ1) is 23.3. The van der Waals surface area contributed by atoms with Crippen LogP contribution in [-0.2, 0) is 17.8 Å². The van der Waals surface area contributed by atoms with E-state index in [0.29, 0.717) is 12.1 Å². The number of alkyl halides is 4. The van der Waals surface area contributed by atoms with Crippen molar-refractivity contribution in [2.24, 2.45) is 0 Å². The summed E-state index contributed by atoms with van der Waals surface area (Å²) in [6.07, 6.45) is -3.47. The third kappa shape index (κ3) is 5.54. The standard InChI is InChI=1S/C23H18F4N2O5/c24-22(25)32-18-8-6-16(9-13-1-3-14(4-2-13)11-28-20(31)12-30)29-21(18)15-5-7-17-19(10-15)34-23(26,27)33-17/h1-8,10,22,30H,9,11-12H2,(H,28,31). The monoisotopic (exact) mass is 478 g/mol. The summed E-state index contributed by atoms with van der Waals surface area (Å²) in [5.41, 5.74) is 2.44. The number of amides is 1. The predicted molar refractivity (Wildman–Crippen MR) is 111 cm³/mol. The van der Waals surface area contributed by atoms with E-state index in [4.69, 9.17) is 5.11 Å². The molecule has 7 nitrogen and oxygen atoms in total. The van der Waals surface area contributed by atoms with E-state index >= 15 is 0 Å². The number of ether oxygens (including phenoxy) is 3. The third-order valence-electron chi connectivity index (χ3n) is 4.85. The van der Waals surface area contributed by atoms with Gasteiger partial charge in [0.1, 0.15) is 12.3 Å². The molecule has 3 aromatic rings. The summed E-state index contributed by atoms with van der Waals surface area (Å²) in [5, 5.41) is 11.3. The molecule has 0 spiro atoms. The number of aliphatic hydroxyl groups excluding tert-OH is 1. The summed E-state index contributed by atoms with van der Waals surface area (Å²) >= 11 is 0. The summed E-state index contributed by atoms with van der Waals surface area (Å²) in [5.74, 6) is -1.14. The van der Waals surface area contributed by atoms with Gasteiger partial charge in [0.05, 0.1) is 0 Å². The van der Waals surface area contributed by atoms with Gasteiger partial charge in [-0.05, 0) is 41.5 Å². The number of aliphatic hydroxyl groups is 1. The van der Waals surface area contributed by atoms with Crippen LogP contribution in [0.15, 0.2) is 54.6 Å². The molecule has 2 N–H and O–H groups in total. The van der Waals surface area contributed by atoms with Gasteiger partial charge in [-0.1, -0.05) is 24.3 Å². The van der Waals surface area contributed by atoms with E-state index in [1.165, 1.54) is 30.3 Å². The molecule has 0 saturated carbocycles. The van der Waals surface area contributed by atoms with Crippen molar-refractivity contribution in [1.82, 2.24) is 10.3 Å². The van der Waals surface area contributed by atoms with Gasteiger partial charge in [-0.15, -0.1) is 8.78 Å². The summed E-state index contributed by atoms with van der Waals surface area (Å²) in [7, 11) is 0. The minimum absolute atomic E-state index is 0.0303. The van der Waals surface area contributed by atoms with Crippen LogP contribution < -0.4 is 19.5 Å². The van der Waals surface area contributed by atoms with Crippen LogP contribution in [0.1, 0.15) is 16.8 Å². The van der Waals surface area contributed by atoms with E-state index in [-0.39, 0.29) is 35.1 Å². The number of nitrogens with zero attached hydrogens (tertiary/aromatic N) is 1. The number of aromatic nitrogens is 1. The maximum Gasteiger partial charge on any atom is 0.586 e. The van der Waals surface area contributed by atoms with Gasteiger partial charge in [-0.2, -0.15) is 8.78 Å². The van der Waals surface area contributed by atoms with Gasteiger partial charge in [-0.25, -0.2) is 4.98 Å². The lowest BCUT2D eigenvalue weighted by Gasteiger charge is -2.13. The Labute approximate surface area is 190 Å². The van der Waals surface area contributed by atoms with E-state index in [9.17, 15) is 22.4 Å². The lowest BCUT2D eigenvalue weighted by Crippen LogP contribution is -2.25. The van der Waals surface area contributed by atoms with Gasteiger partial charge < -0.3 is 24.6 Å². The molecule has 4 rings (SSSR count). The Kier molecular flexibility index (Phi) is 6.55. The fourth-order valence-corrected chi connectivity index (χ4v) is 3.32. The van der Waals surface area contributed by atoms with Crippen LogP contribution in [0, 0.1) is 0 Å². The van der Waals surface area contributed by atoms with Crippen LogP contribution in [0.2, 0.25) is 0 Å². The first-order valence-electron chi connectivity index (χ1n) is 10.0. The second-order valence-electron chi connectivity index (χ2n) is 7.28. The van der Waals surface area contributed by atoms with E-state index in [1.54, 1.807) is 12.1 Å². The Morgan fingerprint density at radius 1 is 1.03 bits per heavy atom. The van der Waals surface area contributed by atoms with Gasteiger partial charge >= 0.3 is 12.9 Å². The largest absolute Gasteiger partial charge is 0.586 e. The van der Waals surface area contributed by atoms with Crippen LogP contribution in [-0.4, -0.2) is 35.5 Å². The summed E-state index contributed by atoms with van der Waals surface area (Å²) in [6.45, 7) is -3.45. The SMILES string of the molecule is O=C(CO)NCc1ccc(Cc2ccc(OC(F)F)c(-c3ccc4c(c3)OC(F)(F)O4)n2)cc1. The molecule has 2 aromatic carbocycles. The smallest absolute Gasteiger partial charge is 0.432 e. The Balaban J connectivity index is 1.57. The van der Waals surface area contributed by atoms with E-state index < -0.39 is 25.4 Å². The molecule has 178 valence electrons. The van der Waals surface area contributed by atoms with Gasteiger partial charge in [0.2, 0.25) is 5.91 Å². The zero-order valence-corrected chi connectivity index (χ0v) is 17.4. The number of carbonyl (C=O) groups is 1. The molecule has 1 aliphatic heterocycles. The Morgan fingerprint density at radius 2 is 1.74 bits per heavy atom. The average Bonchev–Trinajstić information content (AvgIpc) is 3.12. The topological polar surface area (TPSA) is 89.9 Å². The summed E-state index contributed by atoms with van der Waals surface area (Å²) < 4.78 is 65.9. The van der Waals surface area contributed by atoms with Gasteiger partial charge in [0.15, 0.2) is 17.2 Å². The highest BCUT2D eigenvalue weighted by Gasteiger charge is 2.43. The van der Waals surface area contributed by atoms with Crippen LogP contribution in [0.4, 0.5) is 17.6 Å².